The van der Waals surface area contributed by atoms with Gasteiger partial charge in [0.15, 0.2) is 0 Å². The van der Waals surface area contributed by atoms with Crippen molar-refractivity contribution in [2.75, 3.05) is 6.61 Å². The van der Waals surface area contributed by atoms with Crippen LogP contribution in [0.15, 0.2) is 34.9 Å². The van der Waals surface area contributed by atoms with Gasteiger partial charge in [0.05, 0.1) is 11.9 Å². The predicted octanol–water partition coefficient (Wildman–Crippen LogP) is 3.72. The molecule has 1 aromatic carbocycles. The molecule has 24 heavy (non-hydrogen) atoms. The van der Waals surface area contributed by atoms with Crippen LogP contribution >= 0.6 is 0 Å². The van der Waals surface area contributed by atoms with Crippen molar-refractivity contribution in [3.05, 3.63) is 36.1 Å². The molecule has 2 fully saturated rings. The zero-order chi connectivity index (χ0) is 16.4. The molecule has 1 atom stereocenters. The van der Waals surface area contributed by atoms with E-state index in [0.717, 1.165) is 48.8 Å². The van der Waals surface area contributed by atoms with Crippen molar-refractivity contribution in [3.8, 4) is 0 Å². The summed E-state index contributed by atoms with van der Waals surface area (Å²) >= 11 is 0. The summed E-state index contributed by atoms with van der Waals surface area (Å²) < 4.78 is 11.5. The van der Waals surface area contributed by atoms with E-state index in [-0.39, 0.29) is 17.7 Å². The number of amides is 2. The van der Waals surface area contributed by atoms with Gasteiger partial charge in [0, 0.05) is 30.1 Å². The summed E-state index contributed by atoms with van der Waals surface area (Å²) in [6, 6.07) is 7.96. The molecule has 2 aromatic rings. The molecule has 0 radical (unpaired) electrons. The van der Waals surface area contributed by atoms with Gasteiger partial charge in [0.2, 0.25) is 0 Å². The SMILES string of the molecule is O=C(NCc1coc2ccccc12)N[C@@H]1CCOC2(CCCC2)C1. The number of furan rings is 1. The molecule has 2 heterocycles. The summed E-state index contributed by atoms with van der Waals surface area (Å²) in [5.41, 5.74) is 1.87. The van der Waals surface area contributed by atoms with Crippen LogP contribution in [0.25, 0.3) is 11.0 Å². The molecule has 5 nitrogen and oxygen atoms in total. The molecule has 2 aliphatic rings. The number of nitrogens with one attached hydrogen (secondary N) is 2. The Bertz CT molecular complexity index is 718. The van der Waals surface area contributed by atoms with Gasteiger partial charge < -0.3 is 19.8 Å². The van der Waals surface area contributed by atoms with E-state index in [1.54, 1.807) is 6.26 Å². The zero-order valence-electron chi connectivity index (χ0n) is 13.8. The average Bonchev–Trinajstić information content (AvgIpc) is 3.20. The number of fused-ring (bicyclic) bond motifs is 1. The molecule has 1 aliphatic carbocycles. The van der Waals surface area contributed by atoms with Gasteiger partial charge in [-0.05, 0) is 31.7 Å². The van der Waals surface area contributed by atoms with Crippen LogP contribution in [0, 0.1) is 0 Å². The van der Waals surface area contributed by atoms with Crippen LogP contribution in [-0.4, -0.2) is 24.3 Å². The highest BCUT2D eigenvalue weighted by Gasteiger charge is 2.40. The fourth-order valence-corrected chi connectivity index (χ4v) is 4.10. The Hall–Kier alpha value is -2.01. The van der Waals surface area contributed by atoms with Gasteiger partial charge in [0.1, 0.15) is 5.58 Å². The van der Waals surface area contributed by atoms with Crippen LogP contribution in [0.4, 0.5) is 4.79 Å². The van der Waals surface area contributed by atoms with Crippen molar-refractivity contribution in [1.82, 2.24) is 10.6 Å². The first-order valence-electron chi connectivity index (χ1n) is 8.88. The van der Waals surface area contributed by atoms with Crippen LogP contribution < -0.4 is 10.6 Å². The van der Waals surface area contributed by atoms with Gasteiger partial charge in [-0.2, -0.15) is 0 Å². The van der Waals surface area contributed by atoms with E-state index in [9.17, 15) is 4.79 Å². The largest absolute Gasteiger partial charge is 0.464 e. The molecule has 1 saturated carbocycles. The van der Waals surface area contributed by atoms with Gasteiger partial charge in [-0.15, -0.1) is 0 Å². The van der Waals surface area contributed by atoms with Crippen molar-refractivity contribution in [3.63, 3.8) is 0 Å². The second-order valence-corrected chi connectivity index (χ2v) is 7.01. The number of para-hydroxylation sites is 1. The lowest BCUT2D eigenvalue weighted by molar-refractivity contribution is -0.0820. The second-order valence-electron chi connectivity index (χ2n) is 7.01. The third-order valence-electron chi connectivity index (χ3n) is 5.34. The van der Waals surface area contributed by atoms with E-state index in [1.807, 2.05) is 24.3 Å². The first-order chi connectivity index (χ1) is 11.7. The van der Waals surface area contributed by atoms with Gasteiger partial charge in [0.25, 0.3) is 0 Å². The summed E-state index contributed by atoms with van der Waals surface area (Å²) in [5, 5.41) is 7.12. The standard InChI is InChI=1S/C19H24N2O3/c22-18(20-12-14-13-23-17-6-2-1-5-16(14)17)21-15-7-10-24-19(11-15)8-3-4-9-19/h1-2,5-6,13,15H,3-4,7-12H2,(H2,20,21,22)/t15-/m1/s1. The van der Waals surface area contributed by atoms with Crippen molar-refractivity contribution < 1.29 is 13.9 Å². The Morgan fingerprint density at radius 3 is 2.96 bits per heavy atom. The van der Waals surface area contributed by atoms with E-state index >= 15 is 0 Å². The first-order valence-corrected chi connectivity index (χ1v) is 8.88. The molecule has 0 bridgehead atoms. The second kappa shape index (κ2) is 6.48. The summed E-state index contributed by atoms with van der Waals surface area (Å²) in [7, 11) is 0. The predicted molar refractivity (Wildman–Crippen MR) is 91.8 cm³/mol. The molecule has 1 aromatic heterocycles. The molecule has 4 rings (SSSR count). The fraction of sp³-hybridized carbons (Fsp3) is 0.526. The molecule has 2 N–H and O–H groups in total. The zero-order valence-corrected chi connectivity index (χ0v) is 13.8. The number of benzene rings is 1. The Labute approximate surface area is 141 Å². The Morgan fingerprint density at radius 2 is 2.08 bits per heavy atom. The minimum Gasteiger partial charge on any atom is -0.464 e. The third kappa shape index (κ3) is 3.13. The van der Waals surface area contributed by atoms with Crippen molar-refractivity contribution in [2.45, 2.75) is 56.7 Å². The molecule has 1 saturated heterocycles. The molecule has 5 heteroatoms. The Balaban J connectivity index is 1.32. The molecule has 1 aliphatic heterocycles. The van der Waals surface area contributed by atoms with Gasteiger partial charge in [-0.1, -0.05) is 31.0 Å². The van der Waals surface area contributed by atoms with E-state index in [4.69, 9.17) is 9.15 Å². The first kappa shape index (κ1) is 15.5. The lowest BCUT2D eigenvalue weighted by Gasteiger charge is -2.38. The van der Waals surface area contributed by atoms with Crippen LogP contribution in [0.2, 0.25) is 0 Å². The number of ether oxygens (including phenoxy) is 1. The monoisotopic (exact) mass is 328 g/mol. The number of urea groups is 1. The molecule has 2 amide bonds. The molecule has 0 unspecified atom stereocenters. The number of rotatable bonds is 3. The summed E-state index contributed by atoms with van der Waals surface area (Å²) in [5.74, 6) is 0. The average molecular weight is 328 g/mol. The number of carbonyl (C=O) groups is 1. The highest BCUT2D eigenvalue weighted by molar-refractivity contribution is 5.81. The smallest absolute Gasteiger partial charge is 0.315 e. The summed E-state index contributed by atoms with van der Waals surface area (Å²) in [6.45, 7) is 1.22. The lowest BCUT2D eigenvalue weighted by atomic mass is 9.89. The van der Waals surface area contributed by atoms with Crippen molar-refractivity contribution in [2.24, 2.45) is 0 Å². The molecular formula is C19H24N2O3. The van der Waals surface area contributed by atoms with Crippen molar-refractivity contribution >= 4 is 17.0 Å². The maximum atomic E-state index is 12.3. The quantitative estimate of drug-likeness (QED) is 0.902. The van der Waals surface area contributed by atoms with Crippen LogP contribution in [0.1, 0.15) is 44.1 Å². The van der Waals surface area contributed by atoms with E-state index in [1.165, 1.54) is 12.8 Å². The number of hydrogen-bond donors (Lipinski definition) is 2. The van der Waals surface area contributed by atoms with Crippen molar-refractivity contribution in [1.29, 1.82) is 0 Å². The van der Waals surface area contributed by atoms with Crippen LogP contribution in [0.5, 0.6) is 0 Å². The third-order valence-corrected chi connectivity index (χ3v) is 5.34. The minimum absolute atomic E-state index is 0.0248. The van der Waals surface area contributed by atoms with E-state index in [0.29, 0.717) is 6.54 Å². The Kier molecular flexibility index (Phi) is 4.19. The molecule has 1 spiro atoms. The van der Waals surface area contributed by atoms with E-state index < -0.39 is 0 Å². The maximum absolute atomic E-state index is 12.3. The Morgan fingerprint density at radius 1 is 1.25 bits per heavy atom. The van der Waals surface area contributed by atoms with Crippen LogP contribution in [0.3, 0.4) is 0 Å². The molecular weight excluding hydrogens is 304 g/mol. The fourth-order valence-electron chi connectivity index (χ4n) is 4.10. The highest BCUT2D eigenvalue weighted by Crippen LogP contribution is 2.39. The minimum atomic E-state index is -0.111. The van der Waals surface area contributed by atoms with Gasteiger partial charge >= 0.3 is 6.03 Å². The van der Waals surface area contributed by atoms with Crippen LogP contribution in [-0.2, 0) is 11.3 Å². The summed E-state index contributed by atoms with van der Waals surface area (Å²) in [4.78, 5) is 12.3. The number of hydrogen-bond acceptors (Lipinski definition) is 3. The lowest BCUT2D eigenvalue weighted by Crippen LogP contribution is -2.49. The highest BCUT2D eigenvalue weighted by atomic mass is 16.5. The normalized spacial score (nSPS) is 22.8. The molecule has 128 valence electrons. The van der Waals surface area contributed by atoms with Gasteiger partial charge in [-0.3, -0.25) is 0 Å². The topological polar surface area (TPSA) is 63.5 Å². The van der Waals surface area contributed by atoms with Gasteiger partial charge in [-0.25, -0.2) is 4.79 Å². The van der Waals surface area contributed by atoms with E-state index in [2.05, 4.69) is 10.6 Å². The summed E-state index contributed by atoms with van der Waals surface area (Å²) in [6.07, 6.45) is 8.30. The maximum Gasteiger partial charge on any atom is 0.315 e. The number of carbonyl (C=O) groups excluding carboxylic acids is 1.